The highest BCUT2D eigenvalue weighted by Crippen LogP contribution is 2.23. The van der Waals surface area contributed by atoms with Gasteiger partial charge in [0, 0.05) is 45.0 Å². The zero-order chi connectivity index (χ0) is 19.9. The highest BCUT2D eigenvalue weighted by Gasteiger charge is 2.25. The maximum Gasteiger partial charge on any atom is 0.191 e. The van der Waals surface area contributed by atoms with Gasteiger partial charge in [-0.3, -0.25) is 4.99 Å². The van der Waals surface area contributed by atoms with Gasteiger partial charge in [-0.1, -0.05) is 6.07 Å². The van der Waals surface area contributed by atoms with Crippen LogP contribution in [0.2, 0.25) is 0 Å². The Morgan fingerprint density at radius 2 is 2.24 bits per heavy atom. The molecule has 1 fully saturated rings. The van der Waals surface area contributed by atoms with Crippen LogP contribution in [0.1, 0.15) is 12.0 Å². The summed E-state index contributed by atoms with van der Waals surface area (Å²) in [7, 11) is 3.28. The van der Waals surface area contributed by atoms with Crippen molar-refractivity contribution in [2.75, 3.05) is 38.7 Å². The molecule has 9 heteroatoms. The molecule has 0 amide bonds. The lowest BCUT2D eigenvalue weighted by atomic mass is 10.1. The Kier molecular flexibility index (Phi) is 8.74. The number of nitrogens with one attached hydrogen (secondary N) is 2. The molecule has 1 aliphatic rings. The van der Waals surface area contributed by atoms with E-state index in [4.69, 9.17) is 4.74 Å². The predicted molar refractivity (Wildman–Crippen MR) is 123 cm³/mol. The molecule has 2 aromatic rings. The molecule has 1 aromatic carbocycles. The summed E-state index contributed by atoms with van der Waals surface area (Å²) in [5, 5.41) is 16.7. The zero-order valence-electron chi connectivity index (χ0n) is 16.6. The number of aromatic nitrogens is 1. The number of pyridine rings is 1. The monoisotopic (exact) mass is 515 g/mol. The first kappa shape index (κ1) is 23.0. The summed E-state index contributed by atoms with van der Waals surface area (Å²) in [4.78, 5) is 10.3. The van der Waals surface area contributed by atoms with E-state index in [-0.39, 0.29) is 41.6 Å². The Labute approximate surface area is 187 Å². The van der Waals surface area contributed by atoms with Crippen LogP contribution in [-0.2, 0) is 6.42 Å². The van der Waals surface area contributed by atoms with E-state index in [1.165, 1.54) is 6.07 Å². The number of benzene rings is 1. The SMILES string of the molecule is CN=C(NCCc1ccc(OC)cc1O)NC1CCN(c2ncccc2F)C1.I. The third-order valence-corrected chi connectivity index (χ3v) is 4.77. The Hall–Kier alpha value is -2.30. The van der Waals surface area contributed by atoms with E-state index in [0.29, 0.717) is 37.0 Å². The molecule has 29 heavy (non-hydrogen) atoms. The number of phenolic OH excluding ortho intramolecular Hbond substituents is 1. The number of phenols is 1. The van der Waals surface area contributed by atoms with Crippen LogP contribution in [0, 0.1) is 5.82 Å². The molecular weight excluding hydrogens is 488 g/mol. The highest BCUT2D eigenvalue weighted by molar-refractivity contribution is 14.0. The number of aliphatic imine (C=N–C) groups is 1. The summed E-state index contributed by atoms with van der Waals surface area (Å²) >= 11 is 0. The van der Waals surface area contributed by atoms with Crippen molar-refractivity contribution in [1.29, 1.82) is 0 Å². The van der Waals surface area contributed by atoms with Gasteiger partial charge in [-0.25, -0.2) is 9.37 Å². The molecule has 1 aliphatic heterocycles. The summed E-state index contributed by atoms with van der Waals surface area (Å²) in [6.07, 6.45) is 3.12. The minimum atomic E-state index is -0.301. The Morgan fingerprint density at radius 3 is 2.93 bits per heavy atom. The van der Waals surface area contributed by atoms with Gasteiger partial charge in [-0.15, -0.1) is 24.0 Å². The van der Waals surface area contributed by atoms with Crippen molar-refractivity contribution >= 4 is 35.8 Å². The Bertz CT molecular complexity index is 836. The molecule has 0 aliphatic carbocycles. The van der Waals surface area contributed by atoms with Crippen LogP contribution in [-0.4, -0.2) is 55.9 Å². The fourth-order valence-corrected chi connectivity index (χ4v) is 3.27. The van der Waals surface area contributed by atoms with Crippen molar-refractivity contribution in [3.8, 4) is 11.5 Å². The molecule has 158 valence electrons. The molecular formula is C20H27FIN5O2. The second kappa shape index (κ2) is 11.0. The second-order valence-corrected chi connectivity index (χ2v) is 6.63. The molecule has 1 saturated heterocycles. The van der Waals surface area contributed by atoms with Gasteiger partial charge in [0.25, 0.3) is 0 Å². The average molecular weight is 515 g/mol. The van der Waals surface area contributed by atoms with Gasteiger partial charge in [0.05, 0.1) is 7.11 Å². The molecule has 0 bridgehead atoms. The average Bonchev–Trinajstić information content (AvgIpc) is 3.16. The largest absolute Gasteiger partial charge is 0.508 e. The molecule has 3 N–H and O–H groups in total. The fourth-order valence-electron chi connectivity index (χ4n) is 3.27. The predicted octanol–water partition coefficient (Wildman–Crippen LogP) is 2.54. The number of rotatable bonds is 6. The van der Waals surface area contributed by atoms with Crippen LogP contribution in [0.25, 0.3) is 0 Å². The van der Waals surface area contributed by atoms with Gasteiger partial charge in [0.15, 0.2) is 17.6 Å². The molecule has 1 aromatic heterocycles. The van der Waals surface area contributed by atoms with Gasteiger partial charge in [0.1, 0.15) is 11.5 Å². The van der Waals surface area contributed by atoms with Gasteiger partial charge < -0.3 is 25.4 Å². The van der Waals surface area contributed by atoms with E-state index in [1.807, 2.05) is 17.0 Å². The topological polar surface area (TPSA) is 82.0 Å². The number of anilines is 1. The summed E-state index contributed by atoms with van der Waals surface area (Å²) in [6, 6.07) is 8.46. The molecule has 1 unspecified atom stereocenters. The van der Waals surface area contributed by atoms with Crippen molar-refractivity contribution in [1.82, 2.24) is 15.6 Å². The van der Waals surface area contributed by atoms with Gasteiger partial charge in [-0.05, 0) is 36.6 Å². The lowest BCUT2D eigenvalue weighted by Gasteiger charge is -2.20. The van der Waals surface area contributed by atoms with Gasteiger partial charge >= 0.3 is 0 Å². The Balaban J connectivity index is 0.00000300. The van der Waals surface area contributed by atoms with E-state index in [1.54, 1.807) is 32.5 Å². The van der Waals surface area contributed by atoms with E-state index in [0.717, 1.165) is 18.5 Å². The molecule has 0 spiro atoms. The van der Waals surface area contributed by atoms with Gasteiger partial charge in [-0.2, -0.15) is 0 Å². The van der Waals surface area contributed by atoms with Crippen molar-refractivity contribution in [2.24, 2.45) is 4.99 Å². The van der Waals surface area contributed by atoms with Crippen LogP contribution in [0.4, 0.5) is 10.2 Å². The number of ether oxygens (including phenoxy) is 1. The van der Waals surface area contributed by atoms with Gasteiger partial charge in [0.2, 0.25) is 0 Å². The number of guanidine groups is 1. The maximum atomic E-state index is 13.9. The van der Waals surface area contributed by atoms with E-state index in [2.05, 4.69) is 20.6 Å². The van der Waals surface area contributed by atoms with Crippen LogP contribution in [0.15, 0.2) is 41.5 Å². The number of hydrogen-bond acceptors (Lipinski definition) is 5. The zero-order valence-corrected chi connectivity index (χ0v) is 18.9. The van der Waals surface area contributed by atoms with E-state index >= 15 is 0 Å². The molecule has 7 nitrogen and oxygen atoms in total. The highest BCUT2D eigenvalue weighted by atomic mass is 127. The first-order chi connectivity index (χ1) is 13.6. The normalized spacial score (nSPS) is 16.3. The van der Waals surface area contributed by atoms with Crippen LogP contribution >= 0.6 is 24.0 Å². The summed E-state index contributed by atoms with van der Waals surface area (Å²) < 4.78 is 19.0. The fraction of sp³-hybridized carbons (Fsp3) is 0.400. The number of halogens is 2. The Morgan fingerprint density at radius 1 is 1.41 bits per heavy atom. The molecule has 0 saturated carbocycles. The van der Waals surface area contributed by atoms with Crippen molar-refractivity contribution in [3.05, 3.63) is 47.9 Å². The number of hydrogen-bond donors (Lipinski definition) is 3. The lowest BCUT2D eigenvalue weighted by molar-refractivity contribution is 0.406. The number of aromatic hydroxyl groups is 1. The third kappa shape index (κ3) is 6.09. The lowest BCUT2D eigenvalue weighted by Crippen LogP contribution is -2.45. The molecule has 1 atom stereocenters. The molecule has 0 radical (unpaired) electrons. The van der Waals surface area contributed by atoms with Crippen molar-refractivity contribution in [2.45, 2.75) is 18.9 Å². The standard InChI is InChI=1S/C20H26FN5O2.HI/c1-22-20(24-10-7-14-5-6-16(28-2)12-18(14)27)25-15-8-11-26(13-15)19-17(21)4-3-9-23-19;/h3-6,9,12,15,27H,7-8,10-11,13H2,1-2H3,(H2,22,24,25);1H. The minimum absolute atomic E-state index is 0. The smallest absolute Gasteiger partial charge is 0.191 e. The first-order valence-electron chi connectivity index (χ1n) is 9.29. The quantitative estimate of drug-likeness (QED) is 0.312. The van der Waals surface area contributed by atoms with Crippen LogP contribution in [0.3, 0.4) is 0 Å². The maximum absolute atomic E-state index is 13.9. The van der Waals surface area contributed by atoms with Crippen molar-refractivity contribution in [3.63, 3.8) is 0 Å². The second-order valence-electron chi connectivity index (χ2n) is 6.63. The minimum Gasteiger partial charge on any atom is -0.508 e. The first-order valence-corrected chi connectivity index (χ1v) is 9.29. The molecule has 2 heterocycles. The van der Waals surface area contributed by atoms with Crippen molar-refractivity contribution < 1.29 is 14.2 Å². The summed E-state index contributed by atoms with van der Waals surface area (Å²) in [6.45, 7) is 2.01. The third-order valence-electron chi connectivity index (χ3n) is 4.77. The van der Waals surface area contributed by atoms with Crippen LogP contribution in [0.5, 0.6) is 11.5 Å². The number of methoxy groups -OCH3 is 1. The van der Waals surface area contributed by atoms with E-state index < -0.39 is 0 Å². The summed E-state index contributed by atoms with van der Waals surface area (Å²) in [5.74, 6) is 1.62. The van der Waals surface area contributed by atoms with Crippen LogP contribution < -0.4 is 20.3 Å². The molecule has 3 rings (SSSR count). The number of nitrogens with zero attached hydrogens (tertiary/aromatic N) is 3. The van der Waals surface area contributed by atoms with E-state index in [9.17, 15) is 9.50 Å². The summed E-state index contributed by atoms with van der Waals surface area (Å²) in [5.41, 5.74) is 0.835.